The van der Waals surface area contributed by atoms with Crippen molar-refractivity contribution >= 4 is 11.7 Å². The predicted octanol–water partition coefficient (Wildman–Crippen LogP) is 3.10. The van der Waals surface area contributed by atoms with Crippen LogP contribution in [0.5, 0.6) is 11.5 Å². The maximum atomic E-state index is 10.9. The number of anilines is 1. The summed E-state index contributed by atoms with van der Waals surface area (Å²) in [6.45, 7) is 2.70. The van der Waals surface area contributed by atoms with Gasteiger partial charge in [-0.25, -0.2) is 4.79 Å². The third kappa shape index (κ3) is 3.66. The third-order valence-electron chi connectivity index (χ3n) is 2.97. The van der Waals surface area contributed by atoms with Crippen LogP contribution in [0.2, 0.25) is 0 Å². The van der Waals surface area contributed by atoms with E-state index in [0.717, 1.165) is 0 Å². The standard InChI is InChI=1S/C16H17NO4/c1-2-21-14-8-4-6-12(15(14)18)10-17-13-7-3-5-11(9-13)16(19)20/h3-9,17-18H,2,10H2,1H3,(H,19,20). The Bertz CT molecular complexity index is 640. The molecular formula is C16H17NO4. The smallest absolute Gasteiger partial charge is 0.335 e. The summed E-state index contributed by atoms with van der Waals surface area (Å²) in [7, 11) is 0. The number of carboxylic acids is 1. The Kier molecular flexibility index (Phi) is 4.66. The zero-order chi connectivity index (χ0) is 15.2. The number of hydrogen-bond donors (Lipinski definition) is 3. The zero-order valence-electron chi connectivity index (χ0n) is 11.7. The van der Waals surface area contributed by atoms with Crippen LogP contribution >= 0.6 is 0 Å². The Labute approximate surface area is 122 Å². The van der Waals surface area contributed by atoms with Gasteiger partial charge in [-0.3, -0.25) is 0 Å². The molecule has 0 aliphatic heterocycles. The molecular weight excluding hydrogens is 270 g/mol. The van der Waals surface area contributed by atoms with Crippen LogP contribution in [-0.4, -0.2) is 22.8 Å². The molecule has 0 atom stereocenters. The Morgan fingerprint density at radius 2 is 2.00 bits per heavy atom. The molecule has 2 aromatic carbocycles. The minimum absolute atomic E-state index is 0.0984. The summed E-state index contributed by atoms with van der Waals surface area (Å²) in [5.74, 6) is -0.433. The quantitative estimate of drug-likeness (QED) is 0.761. The highest BCUT2D eigenvalue weighted by molar-refractivity contribution is 5.88. The van der Waals surface area contributed by atoms with Crippen LogP contribution < -0.4 is 10.1 Å². The molecule has 5 heteroatoms. The average Bonchev–Trinajstić information content (AvgIpc) is 2.48. The summed E-state index contributed by atoms with van der Waals surface area (Å²) < 4.78 is 5.32. The van der Waals surface area contributed by atoms with E-state index in [1.165, 1.54) is 6.07 Å². The van der Waals surface area contributed by atoms with Crippen molar-refractivity contribution in [1.29, 1.82) is 0 Å². The predicted molar refractivity (Wildman–Crippen MR) is 80.0 cm³/mol. The second kappa shape index (κ2) is 6.65. The number of para-hydroxylation sites is 1. The van der Waals surface area contributed by atoms with Gasteiger partial charge in [0.25, 0.3) is 0 Å². The molecule has 0 unspecified atom stereocenters. The van der Waals surface area contributed by atoms with Crippen molar-refractivity contribution in [2.75, 3.05) is 11.9 Å². The molecule has 110 valence electrons. The van der Waals surface area contributed by atoms with Gasteiger partial charge < -0.3 is 20.3 Å². The fraction of sp³-hybridized carbons (Fsp3) is 0.188. The SMILES string of the molecule is CCOc1cccc(CNc2cccc(C(=O)O)c2)c1O. The molecule has 0 aliphatic carbocycles. The van der Waals surface area contributed by atoms with Gasteiger partial charge in [-0.15, -0.1) is 0 Å². The van der Waals surface area contributed by atoms with E-state index in [1.807, 2.05) is 6.92 Å². The molecule has 2 rings (SSSR count). The van der Waals surface area contributed by atoms with Crippen molar-refractivity contribution in [3.63, 3.8) is 0 Å². The number of ether oxygens (including phenoxy) is 1. The van der Waals surface area contributed by atoms with E-state index < -0.39 is 5.97 Å². The number of benzene rings is 2. The van der Waals surface area contributed by atoms with Crippen LogP contribution in [0.1, 0.15) is 22.8 Å². The topological polar surface area (TPSA) is 78.8 Å². The molecule has 0 bridgehead atoms. The van der Waals surface area contributed by atoms with Gasteiger partial charge in [0.2, 0.25) is 0 Å². The Morgan fingerprint density at radius 3 is 2.71 bits per heavy atom. The van der Waals surface area contributed by atoms with E-state index in [4.69, 9.17) is 9.84 Å². The molecule has 0 saturated heterocycles. The second-order valence-corrected chi connectivity index (χ2v) is 4.44. The van der Waals surface area contributed by atoms with Crippen molar-refractivity contribution in [2.24, 2.45) is 0 Å². The van der Waals surface area contributed by atoms with Crippen molar-refractivity contribution < 1.29 is 19.7 Å². The molecule has 0 amide bonds. The lowest BCUT2D eigenvalue weighted by atomic mass is 10.1. The summed E-state index contributed by atoms with van der Waals surface area (Å²) >= 11 is 0. The lowest BCUT2D eigenvalue weighted by molar-refractivity contribution is 0.0697. The molecule has 2 aromatic rings. The van der Waals surface area contributed by atoms with Crippen LogP contribution in [0.3, 0.4) is 0 Å². The number of carboxylic acid groups (broad SMARTS) is 1. The van der Waals surface area contributed by atoms with Crippen molar-refractivity contribution in [1.82, 2.24) is 0 Å². The number of aromatic hydroxyl groups is 1. The lowest BCUT2D eigenvalue weighted by Gasteiger charge is -2.12. The fourth-order valence-corrected chi connectivity index (χ4v) is 1.94. The first-order valence-corrected chi connectivity index (χ1v) is 6.62. The number of nitrogens with one attached hydrogen (secondary N) is 1. The first-order chi connectivity index (χ1) is 10.1. The molecule has 0 fully saturated rings. The van der Waals surface area contributed by atoms with E-state index in [0.29, 0.717) is 30.2 Å². The number of carbonyl (C=O) groups is 1. The van der Waals surface area contributed by atoms with Crippen LogP contribution in [-0.2, 0) is 6.54 Å². The first kappa shape index (κ1) is 14.7. The highest BCUT2D eigenvalue weighted by atomic mass is 16.5. The molecule has 0 radical (unpaired) electrons. The minimum atomic E-state index is -0.972. The van der Waals surface area contributed by atoms with Crippen molar-refractivity contribution in [3.8, 4) is 11.5 Å². The van der Waals surface area contributed by atoms with Crippen LogP contribution in [0.15, 0.2) is 42.5 Å². The third-order valence-corrected chi connectivity index (χ3v) is 2.97. The van der Waals surface area contributed by atoms with Gasteiger partial charge in [-0.1, -0.05) is 18.2 Å². The highest BCUT2D eigenvalue weighted by Crippen LogP contribution is 2.30. The van der Waals surface area contributed by atoms with Gasteiger partial charge in [-0.2, -0.15) is 0 Å². The van der Waals surface area contributed by atoms with E-state index in [1.54, 1.807) is 36.4 Å². The number of rotatable bonds is 6. The zero-order valence-corrected chi connectivity index (χ0v) is 11.7. The number of aromatic carboxylic acids is 1. The lowest BCUT2D eigenvalue weighted by Crippen LogP contribution is -2.03. The summed E-state index contributed by atoms with van der Waals surface area (Å²) in [5, 5.41) is 22.1. The first-order valence-electron chi connectivity index (χ1n) is 6.62. The maximum Gasteiger partial charge on any atom is 0.335 e. The fourth-order valence-electron chi connectivity index (χ4n) is 1.94. The molecule has 21 heavy (non-hydrogen) atoms. The van der Waals surface area contributed by atoms with Crippen molar-refractivity contribution in [2.45, 2.75) is 13.5 Å². The molecule has 5 nitrogen and oxygen atoms in total. The monoisotopic (exact) mass is 287 g/mol. The van der Waals surface area contributed by atoms with E-state index in [9.17, 15) is 9.90 Å². The number of phenols is 1. The molecule has 0 heterocycles. The van der Waals surface area contributed by atoms with Gasteiger partial charge in [0.15, 0.2) is 11.5 Å². The van der Waals surface area contributed by atoms with Crippen molar-refractivity contribution in [3.05, 3.63) is 53.6 Å². The highest BCUT2D eigenvalue weighted by Gasteiger charge is 2.08. The molecule has 0 spiro atoms. The van der Waals surface area contributed by atoms with Gasteiger partial charge in [-0.05, 0) is 31.2 Å². The summed E-state index contributed by atoms with van der Waals surface area (Å²) in [6.07, 6.45) is 0. The Hall–Kier alpha value is -2.69. The minimum Gasteiger partial charge on any atom is -0.504 e. The summed E-state index contributed by atoms with van der Waals surface area (Å²) in [6, 6.07) is 11.8. The van der Waals surface area contributed by atoms with E-state index in [2.05, 4.69) is 5.32 Å². The van der Waals surface area contributed by atoms with Gasteiger partial charge in [0, 0.05) is 17.8 Å². The Balaban J connectivity index is 2.11. The number of hydrogen-bond acceptors (Lipinski definition) is 4. The average molecular weight is 287 g/mol. The molecule has 0 aliphatic rings. The van der Waals surface area contributed by atoms with E-state index in [-0.39, 0.29) is 11.3 Å². The van der Waals surface area contributed by atoms with Gasteiger partial charge in [0.05, 0.1) is 12.2 Å². The van der Waals surface area contributed by atoms with Crippen LogP contribution in [0.4, 0.5) is 5.69 Å². The summed E-state index contributed by atoms with van der Waals surface area (Å²) in [4.78, 5) is 10.9. The largest absolute Gasteiger partial charge is 0.504 e. The van der Waals surface area contributed by atoms with Gasteiger partial charge >= 0.3 is 5.97 Å². The molecule has 3 N–H and O–H groups in total. The number of phenolic OH excluding ortho intramolecular Hbond substituents is 1. The molecule has 0 saturated carbocycles. The second-order valence-electron chi connectivity index (χ2n) is 4.44. The normalized spacial score (nSPS) is 10.1. The van der Waals surface area contributed by atoms with Gasteiger partial charge in [0.1, 0.15) is 0 Å². The Morgan fingerprint density at radius 1 is 1.24 bits per heavy atom. The summed E-state index contributed by atoms with van der Waals surface area (Å²) in [5.41, 5.74) is 1.57. The van der Waals surface area contributed by atoms with Crippen LogP contribution in [0.25, 0.3) is 0 Å². The van der Waals surface area contributed by atoms with Crippen LogP contribution in [0, 0.1) is 0 Å². The molecule has 0 aromatic heterocycles. The van der Waals surface area contributed by atoms with E-state index >= 15 is 0 Å². The maximum absolute atomic E-state index is 10.9.